The van der Waals surface area contributed by atoms with Gasteiger partial charge in [-0.15, -0.1) is 0 Å². The molecule has 1 saturated heterocycles. The van der Waals surface area contributed by atoms with Crippen LogP contribution in [0.3, 0.4) is 0 Å². The van der Waals surface area contributed by atoms with Crippen LogP contribution in [0.5, 0.6) is 0 Å². The lowest BCUT2D eigenvalue weighted by molar-refractivity contribution is -0.123. The Hall–Kier alpha value is -3.22. The summed E-state index contributed by atoms with van der Waals surface area (Å²) in [6.07, 6.45) is 2.93. The van der Waals surface area contributed by atoms with Gasteiger partial charge >= 0.3 is 0 Å². The normalized spacial score (nSPS) is 17.2. The minimum Gasteiger partial charge on any atom is -0.353 e. The molecule has 0 bridgehead atoms. The standard InChI is InChI=1S/C22H21FN4O/c23-20-11-17(8-9-18(20)12-24)15-4-6-16(7-5-15)19(13-25)14-27-22(28)21-3-1-2-10-26-21/h4-9,11,19,21,26H,1-3,10,14H2,(H,27,28)/t19-,21-/m0/s1. The molecule has 0 aliphatic carbocycles. The molecule has 0 aromatic heterocycles. The molecule has 2 atom stereocenters. The van der Waals surface area contributed by atoms with E-state index in [1.165, 1.54) is 12.1 Å². The van der Waals surface area contributed by atoms with Gasteiger partial charge in [0.15, 0.2) is 0 Å². The number of hydrogen-bond acceptors (Lipinski definition) is 4. The first-order valence-electron chi connectivity index (χ1n) is 9.33. The van der Waals surface area contributed by atoms with Gasteiger partial charge in [0.1, 0.15) is 11.9 Å². The molecule has 1 aliphatic heterocycles. The van der Waals surface area contributed by atoms with Crippen LogP contribution in [0.15, 0.2) is 42.5 Å². The van der Waals surface area contributed by atoms with Gasteiger partial charge in [-0.2, -0.15) is 10.5 Å². The van der Waals surface area contributed by atoms with Gasteiger partial charge in [-0.1, -0.05) is 36.8 Å². The van der Waals surface area contributed by atoms with Crippen LogP contribution in [-0.2, 0) is 4.79 Å². The Morgan fingerprint density at radius 2 is 1.93 bits per heavy atom. The van der Waals surface area contributed by atoms with E-state index < -0.39 is 11.7 Å². The van der Waals surface area contributed by atoms with Crippen LogP contribution in [-0.4, -0.2) is 25.0 Å². The minimum absolute atomic E-state index is 0.00751. The lowest BCUT2D eigenvalue weighted by Crippen LogP contribution is -2.47. The molecule has 0 unspecified atom stereocenters. The lowest BCUT2D eigenvalue weighted by Gasteiger charge is -2.23. The summed E-state index contributed by atoms with van der Waals surface area (Å²) in [5.41, 5.74) is 2.25. The molecule has 1 amide bonds. The third-order valence-corrected chi connectivity index (χ3v) is 5.00. The van der Waals surface area contributed by atoms with Crippen molar-refractivity contribution in [1.82, 2.24) is 10.6 Å². The highest BCUT2D eigenvalue weighted by Crippen LogP contribution is 2.24. The van der Waals surface area contributed by atoms with Crippen molar-refractivity contribution in [2.75, 3.05) is 13.1 Å². The highest BCUT2D eigenvalue weighted by Gasteiger charge is 2.21. The van der Waals surface area contributed by atoms with Gasteiger partial charge in [-0.05, 0) is 48.2 Å². The lowest BCUT2D eigenvalue weighted by atomic mass is 9.96. The topological polar surface area (TPSA) is 88.7 Å². The largest absolute Gasteiger partial charge is 0.353 e. The number of hydrogen-bond donors (Lipinski definition) is 2. The highest BCUT2D eigenvalue weighted by atomic mass is 19.1. The zero-order chi connectivity index (χ0) is 19.9. The molecule has 2 aromatic carbocycles. The van der Waals surface area contributed by atoms with Gasteiger partial charge in [0.25, 0.3) is 0 Å². The third kappa shape index (κ3) is 4.54. The molecular formula is C22H21FN4O. The van der Waals surface area contributed by atoms with Crippen LogP contribution in [0.25, 0.3) is 11.1 Å². The smallest absolute Gasteiger partial charge is 0.237 e. The number of halogens is 1. The number of rotatable bonds is 5. The second-order valence-electron chi connectivity index (χ2n) is 6.86. The van der Waals surface area contributed by atoms with E-state index >= 15 is 0 Å². The van der Waals surface area contributed by atoms with E-state index in [4.69, 9.17) is 5.26 Å². The van der Waals surface area contributed by atoms with E-state index in [9.17, 15) is 14.4 Å². The van der Waals surface area contributed by atoms with Crippen molar-refractivity contribution in [2.24, 2.45) is 0 Å². The average molecular weight is 376 g/mol. The third-order valence-electron chi connectivity index (χ3n) is 5.00. The summed E-state index contributed by atoms with van der Waals surface area (Å²) in [4.78, 5) is 12.2. The van der Waals surface area contributed by atoms with E-state index in [1.807, 2.05) is 24.3 Å². The van der Waals surface area contributed by atoms with E-state index in [0.29, 0.717) is 5.56 Å². The minimum atomic E-state index is -0.557. The maximum Gasteiger partial charge on any atom is 0.237 e. The first kappa shape index (κ1) is 19.5. The number of amides is 1. The van der Waals surface area contributed by atoms with Gasteiger partial charge in [0.2, 0.25) is 5.91 Å². The van der Waals surface area contributed by atoms with Crippen molar-refractivity contribution in [1.29, 1.82) is 10.5 Å². The highest BCUT2D eigenvalue weighted by molar-refractivity contribution is 5.81. The van der Waals surface area contributed by atoms with Gasteiger partial charge in [-0.3, -0.25) is 4.79 Å². The Labute approximate surface area is 163 Å². The SMILES string of the molecule is N#Cc1ccc(-c2ccc([C@@H](C#N)CNC(=O)[C@@H]3CCCCN3)cc2)cc1F. The van der Waals surface area contributed by atoms with Crippen molar-refractivity contribution in [3.05, 3.63) is 59.4 Å². The summed E-state index contributed by atoms with van der Waals surface area (Å²) < 4.78 is 13.8. The number of benzene rings is 2. The van der Waals surface area contributed by atoms with E-state index in [-0.39, 0.29) is 24.1 Å². The second-order valence-corrected chi connectivity index (χ2v) is 6.86. The number of carbonyl (C=O) groups is 1. The fourth-order valence-corrected chi connectivity index (χ4v) is 3.33. The van der Waals surface area contributed by atoms with E-state index in [0.717, 1.165) is 36.9 Å². The van der Waals surface area contributed by atoms with Gasteiger partial charge in [-0.25, -0.2) is 4.39 Å². The molecule has 0 radical (unpaired) electrons. The zero-order valence-electron chi connectivity index (χ0n) is 15.4. The molecule has 0 spiro atoms. The molecule has 2 N–H and O–H groups in total. The molecule has 1 heterocycles. The summed E-state index contributed by atoms with van der Waals surface area (Å²) >= 11 is 0. The van der Waals surface area contributed by atoms with Gasteiger partial charge in [0.05, 0.1) is 23.6 Å². The Balaban J connectivity index is 1.65. The summed E-state index contributed by atoms with van der Waals surface area (Å²) in [6.45, 7) is 1.09. The van der Waals surface area contributed by atoms with Crippen molar-refractivity contribution in [3.8, 4) is 23.3 Å². The Kier molecular flexibility index (Phi) is 6.37. The van der Waals surface area contributed by atoms with Crippen LogP contribution in [0, 0.1) is 28.5 Å². The zero-order valence-corrected chi connectivity index (χ0v) is 15.4. The van der Waals surface area contributed by atoms with Crippen LogP contribution in [0.4, 0.5) is 4.39 Å². The fraction of sp³-hybridized carbons (Fsp3) is 0.318. The van der Waals surface area contributed by atoms with E-state index in [1.54, 1.807) is 12.1 Å². The predicted octanol–water partition coefficient (Wildman–Crippen LogP) is 3.23. The molecule has 1 aliphatic rings. The Bertz CT molecular complexity index is 921. The van der Waals surface area contributed by atoms with Crippen LogP contribution in [0.1, 0.15) is 36.3 Å². The van der Waals surface area contributed by atoms with Crippen molar-refractivity contribution in [2.45, 2.75) is 31.2 Å². The molecule has 142 valence electrons. The van der Waals surface area contributed by atoms with E-state index in [2.05, 4.69) is 16.7 Å². The quantitative estimate of drug-likeness (QED) is 0.838. The molecule has 2 aromatic rings. The maximum absolute atomic E-state index is 13.8. The number of nitrogens with one attached hydrogen (secondary N) is 2. The summed E-state index contributed by atoms with van der Waals surface area (Å²) in [7, 11) is 0. The summed E-state index contributed by atoms with van der Waals surface area (Å²) in [6, 6.07) is 15.6. The van der Waals surface area contributed by atoms with Crippen molar-refractivity contribution >= 4 is 5.91 Å². The van der Waals surface area contributed by atoms with Gasteiger partial charge in [0, 0.05) is 6.54 Å². The molecular weight excluding hydrogens is 355 g/mol. The molecule has 6 heteroatoms. The van der Waals surface area contributed by atoms with Crippen LogP contribution < -0.4 is 10.6 Å². The molecule has 3 rings (SSSR count). The van der Waals surface area contributed by atoms with Gasteiger partial charge < -0.3 is 10.6 Å². The average Bonchev–Trinajstić information content (AvgIpc) is 2.75. The monoisotopic (exact) mass is 376 g/mol. The fourth-order valence-electron chi connectivity index (χ4n) is 3.33. The predicted molar refractivity (Wildman–Crippen MR) is 104 cm³/mol. The van der Waals surface area contributed by atoms with Crippen LogP contribution in [0.2, 0.25) is 0 Å². The van der Waals surface area contributed by atoms with Crippen LogP contribution >= 0.6 is 0 Å². The summed E-state index contributed by atoms with van der Waals surface area (Å²) in [5, 5.41) is 24.4. The molecule has 5 nitrogen and oxygen atoms in total. The summed E-state index contributed by atoms with van der Waals surface area (Å²) in [5.74, 6) is -1.08. The maximum atomic E-state index is 13.8. The number of piperidine rings is 1. The Morgan fingerprint density at radius 3 is 2.54 bits per heavy atom. The Morgan fingerprint density at radius 1 is 1.18 bits per heavy atom. The molecule has 0 saturated carbocycles. The second kappa shape index (κ2) is 9.12. The van der Waals surface area contributed by atoms with Crippen molar-refractivity contribution in [3.63, 3.8) is 0 Å². The number of nitrogens with zero attached hydrogens (tertiary/aromatic N) is 2. The number of nitriles is 2. The van der Waals surface area contributed by atoms with Crippen molar-refractivity contribution < 1.29 is 9.18 Å². The number of carbonyl (C=O) groups excluding carboxylic acids is 1. The first-order valence-corrected chi connectivity index (χ1v) is 9.33. The molecule has 1 fully saturated rings. The molecule has 28 heavy (non-hydrogen) atoms. The first-order chi connectivity index (χ1) is 13.6.